The van der Waals surface area contributed by atoms with E-state index in [1.54, 1.807) is 24.3 Å². The number of aliphatic hydroxyl groups excluding tert-OH is 1. The van der Waals surface area contributed by atoms with E-state index in [0.717, 1.165) is 15.1 Å². The molecular formula is C21H21NO5S2. The van der Waals surface area contributed by atoms with E-state index in [1.807, 2.05) is 35.0 Å². The maximum absolute atomic E-state index is 11.4. The largest absolute Gasteiger partial charge is 0.512 e. The van der Waals surface area contributed by atoms with E-state index >= 15 is 0 Å². The third-order valence-electron chi connectivity index (χ3n) is 3.70. The topological polar surface area (TPSA) is 96.2 Å². The van der Waals surface area contributed by atoms with Crippen LogP contribution in [-0.4, -0.2) is 34.8 Å². The molecule has 0 unspecified atom stereocenters. The predicted molar refractivity (Wildman–Crippen MR) is 118 cm³/mol. The number of phenols is 1. The van der Waals surface area contributed by atoms with E-state index in [9.17, 15) is 19.8 Å². The average Bonchev–Trinajstić information content (AvgIpc) is 3.34. The van der Waals surface area contributed by atoms with E-state index in [2.05, 4.69) is 4.99 Å². The van der Waals surface area contributed by atoms with Crippen LogP contribution in [0.2, 0.25) is 0 Å². The fourth-order valence-electron chi connectivity index (χ4n) is 2.29. The molecule has 0 spiro atoms. The first-order valence-corrected chi connectivity index (χ1v) is 10.5. The highest BCUT2D eigenvalue weighted by Crippen LogP contribution is 2.32. The van der Waals surface area contributed by atoms with Crippen molar-refractivity contribution >= 4 is 55.7 Å². The number of hydrogen-bond acceptors (Lipinski definition) is 8. The normalized spacial score (nSPS) is 11.7. The lowest BCUT2D eigenvalue weighted by molar-refractivity contribution is -0.138. The molecule has 0 aliphatic heterocycles. The van der Waals surface area contributed by atoms with E-state index in [0.29, 0.717) is 5.56 Å². The number of fused-ring (bicyclic) bond motifs is 1. The minimum atomic E-state index is -0.567. The van der Waals surface area contributed by atoms with Crippen molar-refractivity contribution in [2.24, 2.45) is 4.99 Å². The zero-order valence-corrected chi connectivity index (χ0v) is 17.8. The summed E-state index contributed by atoms with van der Waals surface area (Å²) in [7, 11) is 0. The molecule has 3 rings (SSSR count). The smallest absolute Gasteiger partial charge is 0.343 e. The summed E-state index contributed by atoms with van der Waals surface area (Å²) in [4.78, 5) is 26.6. The summed E-state index contributed by atoms with van der Waals surface area (Å²) in [6.07, 6.45) is 1.32. The van der Waals surface area contributed by atoms with Crippen LogP contribution in [0.15, 0.2) is 57.4 Å². The van der Waals surface area contributed by atoms with Crippen LogP contribution in [0, 0.1) is 0 Å². The van der Waals surface area contributed by atoms with Gasteiger partial charge in [0.05, 0.1) is 12.2 Å². The number of esters is 1. The molecular weight excluding hydrogens is 410 g/mol. The SMILES string of the molecule is CC(=O)c1ccc2sccc2c1O.CCOC(=O)C(C=Nc1cccs1)=C(C)O. The molecule has 0 amide bonds. The number of carbonyl (C=O) groups is 2. The minimum Gasteiger partial charge on any atom is -0.512 e. The number of aromatic hydroxyl groups is 1. The van der Waals surface area contributed by atoms with Crippen molar-refractivity contribution in [1.82, 2.24) is 0 Å². The maximum atomic E-state index is 11.4. The summed E-state index contributed by atoms with van der Waals surface area (Å²) in [5.41, 5.74) is 0.473. The number of nitrogens with zero attached hydrogens (tertiary/aromatic N) is 1. The lowest BCUT2D eigenvalue weighted by atomic mass is 10.1. The molecule has 0 saturated heterocycles. The number of Topliss-reactive ketones (excluding diaryl/α,β-unsaturated/α-hetero) is 1. The summed E-state index contributed by atoms with van der Waals surface area (Å²) in [6, 6.07) is 9.02. The molecule has 0 radical (unpaired) electrons. The predicted octanol–water partition coefficient (Wildman–Crippen LogP) is 5.66. The molecule has 0 atom stereocenters. The second-order valence-electron chi connectivity index (χ2n) is 5.78. The van der Waals surface area contributed by atoms with Crippen LogP contribution in [0.25, 0.3) is 10.1 Å². The molecule has 6 nitrogen and oxygen atoms in total. The second-order valence-corrected chi connectivity index (χ2v) is 7.65. The number of ether oxygens (including phenoxy) is 1. The standard InChI is InChI=1S/C11H13NO3S.C10H8O2S/c1-3-15-11(14)9(8(2)13)7-12-10-5-4-6-16-10;1-6(11)7-2-3-9-8(10(7)12)4-5-13-9/h4-7,13H,3H2,1-2H3;2-5,12H,1H3. The number of rotatable bonds is 5. The fraction of sp³-hybridized carbons (Fsp3) is 0.190. The highest BCUT2D eigenvalue weighted by atomic mass is 32.1. The molecule has 3 aromatic rings. The number of thiophene rings is 2. The molecule has 152 valence electrons. The van der Waals surface area contributed by atoms with Gasteiger partial charge in [0.15, 0.2) is 5.78 Å². The first-order valence-electron chi connectivity index (χ1n) is 8.69. The number of phenolic OH excluding ortho intramolecular Hbond substituents is 1. The van der Waals surface area contributed by atoms with Gasteiger partial charge >= 0.3 is 5.97 Å². The molecule has 8 heteroatoms. The van der Waals surface area contributed by atoms with E-state index < -0.39 is 5.97 Å². The van der Waals surface area contributed by atoms with Gasteiger partial charge in [-0.05, 0) is 61.9 Å². The first kappa shape index (κ1) is 22.3. The van der Waals surface area contributed by atoms with Crippen molar-refractivity contribution in [2.45, 2.75) is 20.8 Å². The average molecular weight is 432 g/mol. The summed E-state index contributed by atoms with van der Waals surface area (Å²) in [6.45, 7) is 4.85. The number of hydrogen-bond donors (Lipinski definition) is 2. The van der Waals surface area contributed by atoms with Gasteiger partial charge in [-0.1, -0.05) is 0 Å². The van der Waals surface area contributed by atoms with Gasteiger partial charge in [0.2, 0.25) is 0 Å². The molecule has 2 heterocycles. The lowest BCUT2D eigenvalue weighted by Gasteiger charge is -2.02. The van der Waals surface area contributed by atoms with Crippen LogP contribution in [0.5, 0.6) is 5.75 Å². The van der Waals surface area contributed by atoms with E-state index in [4.69, 9.17) is 4.74 Å². The highest BCUT2D eigenvalue weighted by molar-refractivity contribution is 7.17. The zero-order valence-electron chi connectivity index (χ0n) is 16.2. The van der Waals surface area contributed by atoms with Gasteiger partial charge in [0, 0.05) is 16.3 Å². The minimum absolute atomic E-state index is 0.0789. The zero-order chi connectivity index (χ0) is 21.4. The maximum Gasteiger partial charge on any atom is 0.343 e. The van der Waals surface area contributed by atoms with Gasteiger partial charge < -0.3 is 14.9 Å². The second kappa shape index (κ2) is 10.5. The van der Waals surface area contributed by atoms with Crippen LogP contribution in [0.3, 0.4) is 0 Å². The Kier molecular flexibility index (Phi) is 8.11. The number of aliphatic hydroxyl groups is 1. The van der Waals surface area contributed by atoms with Crippen molar-refractivity contribution in [3.8, 4) is 5.75 Å². The van der Waals surface area contributed by atoms with E-state index in [-0.39, 0.29) is 29.5 Å². The van der Waals surface area contributed by atoms with Crippen molar-refractivity contribution in [3.63, 3.8) is 0 Å². The van der Waals surface area contributed by atoms with Crippen molar-refractivity contribution in [3.05, 3.63) is 58.0 Å². The Hall–Kier alpha value is -2.97. The number of allylic oxidation sites excluding steroid dienone is 1. The molecule has 0 aliphatic carbocycles. The third kappa shape index (κ3) is 6.00. The number of carbonyl (C=O) groups excluding carboxylic acids is 2. The van der Waals surface area contributed by atoms with Crippen molar-refractivity contribution in [1.29, 1.82) is 0 Å². The van der Waals surface area contributed by atoms with Gasteiger partial charge in [0.25, 0.3) is 0 Å². The molecule has 2 aromatic heterocycles. The fourth-order valence-corrected chi connectivity index (χ4v) is 3.64. The molecule has 2 N–H and O–H groups in total. The Morgan fingerprint density at radius 2 is 1.90 bits per heavy atom. The molecule has 1 aromatic carbocycles. The van der Waals surface area contributed by atoms with Crippen LogP contribution in [0.4, 0.5) is 5.00 Å². The third-order valence-corrected chi connectivity index (χ3v) is 5.36. The molecule has 0 aliphatic rings. The van der Waals surface area contributed by atoms with Gasteiger partial charge in [0.1, 0.15) is 22.1 Å². The Morgan fingerprint density at radius 3 is 2.48 bits per heavy atom. The van der Waals surface area contributed by atoms with E-state index in [1.165, 1.54) is 31.4 Å². The summed E-state index contributed by atoms with van der Waals surface area (Å²) >= 11 is 3.00. The lowest BCUT2D eigenvalue weighted by Crippen LogP contribution is -2.10. The summed E-state index contributed by atoms with van der Waals surface area (Å²) in [5, 5.41) is 24.3. The molecule has 29 heavy (non-hydrogen) atoms. The first-order chi connectivity index (χ1) is 13.8. The Morgan fingerprint density at radius 1 is 1.14 bits per heavy atom. The van der Waals surface area contributed by atoms with Crippen LogP contribution in [-0.2, 0) is 9.53 Å². The monoisotopic (exact) mass is 431 g/mol. The summed E-state index contributed by atoms with van der Waals surface area (Å²) < 4.78 is 5.79. The van der Waals surface area contributed by atoms with Crippen LogP contribution >= 0.6 is 22.7 Å². The number of ketones is 1. The Bertz CT molecular complexity index is 1040. The van der Waals surface area contributed by atoms with Crippen molar-refractivity contribution in [2.75, 3.05) is 6.61 Å². The van der Waals surface area contributed by atoms with Gasteiger partial charge in [-0.2, -0.15) is 0 Å². The Balaban J connectivity index is 0.000000211. The number of aliphatic imine (C=N–C) groups is 1. The molecule has 0 bridgehead atoms. The Labute approximate surface area is 176 Å². The van der Waals surface area contributed by atoms with Gasteiger partial charge in [-0.3, -0.25) is 4.79 Å². The quantitative estimate of drug-likeness (QED) is 0.179. The van der Waals surface area contributed by atoms with Crippen molar-refractivity contribution < 1.29 is 24.5 Å². The molecule has 0 saturated carbocycles. The van der Waals surface area contributed by atoms with Gasteiger partial charge in [-0.25, -0.2) is 9.79 Å². The van der Waals surface area contributed by atoms with Crippen LogP contribution < -0.4 is 0 Å². The molecule has 0 fully saturated rings. The highest BCUT2D eigenvalue weighted by Gasteiger charge is 2.12. The number of benzene rings is 1. The summed E-state index contributed by atoms with van der Waals surface area (Å²) in [5.74, 6) is -0.668. The van der Waals surface area contributed by atoms with Crippen LogP contribution in [0.1, 0.15) is 31.1 Å². The van der Waals surface area contributed by atoms with Gasteiger partial charge in [-0.15, -0.1) is 22.7 Å².